The molecule has 1 heterocycles. The van der Waals surface area contributed by atoms with Crippen LogP contribution in [0.1, 0.15) is 32.2 Å². The molecule has 0 aliphatic carbocycles. The first kappa shape index (κ1) is 9.72. The highest BCUT2D eigenvalue weighted by atomic mass is 79.9. The molecule has 12 heavy (non-hydrogen) atoms. The van der Waals surface area contributed by atoms with Crippen LogP contribution in [0.5, 0.6) is 0 Å². The summed E-state index contributed by atoms with van der Waals surface area (Å²) < 4.78 is 1.10. The van der Waals surface area contributed by atoms with Gasteiger partial charge in [-0.2, -0.15) is 0 Å². The van der Waals surface area contributed by atoms with Gasteiger partial charge in [0, 0.05) is 15.6 Å². The fourth-order valence-electron chi connectivity index (χ4n) is 1.07. The van der Waals surface area contributed by atoms with Gasteiger partial charge in [-0.25, -0.2) is 0 Å². The average Bonchev–Trinajstić information content (AvgIpc) is 1.92. The first-order chi connectivity index (χ1) is 5.41. The SMILES string of the molecule is Cc1ccc(Br)c(C(C)(C)C)n1. The monoisotopic (exact) mass is 227 g/mol. The first-order valence-corrected chi connectivity index (χ1v) is 4.84. The lowest BCUT2D eigenvalue weighted by molar-refractivity contribution is 0.563. The molecule has 2 heteroatoms. The molecule has 0 saturated heterocycles. The Hall–Kier alpha value is -0.370. The van der Waals surface area contributed by atoms with Crippen molar-refractivity contribution in [1.29, 1.82) is 0 Å². The van der Waals surface area contributed by atoms with Crippen molar-refractivity contribution in [3.05, 3.63) is 28.0 Å². The van der Waals surface area contributed by atoms with E-state index in [2.05, 4.69) is 47.8 Å². The van der Waals surface area contributed by atoms with E-state index in [1.807, 2.05) is 13.0 Å². The Bertz CT molecular complexity index is 286. The lowest BCUT2D eigenvalue weighted by Gasteiger charge is -2.19. The van der Waals surface area contributed by atoms with Crippen LogP contribution in [0, 0.1) is 6.92 Å². The minimum Gasteiger partial charge on any atom is -0.256 e. The summed E-state index contributed by atoms with van der Waals surface area (Å²) in [6.07, 6.45) is 0. The van der Waals surface area contributed by atoms with Crippen LogP contribution in [-0.2, 0) is 5.41 Å². The van der Waals surface area contributed by atoms with E-state index in [0.717, 1.165) is 15.9 Å². The van der Waals surface area contributed by atoms with E-state index in [1.165, 1.54) is 0 Å². The Kier molecular flexibility index (Phi) is 2.57. The Labute approximate surface area is 82.3 Å². The van der Waals surface area contributed by atoms with Crippen molar-refractivity contribution < 1.29 is 0 Å². The lowest BCUT2D eigenvalue weighted by Crippen LogP contribution is -2.14. The van der Waals surface area contributed by atoms with Crippen LogP contribution in [0.25, 0.3) is 0 Å². The Morgan fingerprint density at radius 3 is 2.25 bits per heavy atom. The van der Waals surface area contributed by atoms with Gasteiger partial charge in [-0.3, -0.25) is 4.98 Å². The zero-order chi connectivity index (χ0) is 9.35. The number of hydrogen-bond acceptors (Lipinski definition) is 1. The number of nitrogens with zero attached hydrogens (tertiary/aromatic N) is 1. The molecule has 0 N–H and O–H groups in total. The van der Waals surface area contributed by atoms with E-state index in [1.54, 1.807) is 0 Å². The number of aryl methyl sites for hydroxylation is 1. The third kappa shape index (κ3) is 2.07. The average molecular weight is 228 g/mol. The third-order valence-electron chi connectivity index (χ3n) is 1.70. The van der Waals surface area contributed by atoms with Gasteiger partial charge in [0.05, 0.1) is 5.69 Å². The third-order valence-corrected chi connectivity index (χ3v) is 2.34. The zero-order valence-corrected chi connectivity index (χ0v) is 9.57. The molecule has 0 aliphatic rings. The van der Waals surface area contributed by atoms with Gasteiger partial charge < -0.3 is 0 Å². The summed E-state index contributed by atoms with van der Waals surface area (Å²) in [5.41, 5.74) is 2.32. The Morgan fingerprint density at radius 1 is 1.25 bits per heavy atom. The molecular formula is C10H14BrN. The molecule has 0 amide bonds. The van der Waals surface area contributed by atoms with Crippen molar-refractivity contribution in [2.24, 2.45) is 0 Å². The molecule has 0 fully saturated rings. The number of rotatable bonds is 0. The standard InChI is InChI=1S/C10H14BrN/c1-7-5-6-8(11)9(12-7)10(2,3)4/h5-6H,1-4H3. The topological polar surface area (TPSA) is 12.9 Å². The number of hydrogen-bond donors (Lipinski definition) is 0. The largest absolute Gasteiger partial charge is 0.256 e. The highest BCUT2D eigenvalue weighted by Gasteiger charge is 2.18. The van der Waals surface area contributed by atoms with Gasteiger partial charge in [0.15, 0.2) is 0 Å². The second-order valence-corrected chi connectivity index (χ2v) is 4.89. The van der Waals surface area contributed by atoms with Gasteiger partial charge in [0.2, 0.25) is 0 Å². The maximum atomic E-state index is 4.50. The molecule has 0 radical (unpaired) electrons. The fraction of sp³-hybridized carbons (Fsp3) is 0.500. The van der Waals surface area contributed by atoms with Gasteiger partial charge in [-0.15, -0.1) is 0 Å². The molecule has 0 unspecified atom stereocenters. The van der Waals surface area contributed by atoms with E-state index in [9.17, 15) is 0 Å². The molecule has 66 valence electrons. The summed E-state index contributed by atoms with van der Waals surface area (Å²) in [6.45, 7) is 8.51. The van der Waals surface area contributed by atoms with Crippen molar-refractivity contribution in [1.82, 2.24) is 4.98 Å². The normalized spacial score (nSPS) is 11.8. The second kappa shape index (κ2) is 3.17. The van der Waals surface area contributed by atoms with E-state index in [4.69, 9.17) is 0 Å². The molecular weight excluding hydrogens is 214 g/mol. The number of pyridine rings is 1. The van der Waals surface area contributed by atoms with E-state index >= 15 is 0 Å². The van der Waals surface area contributed by atoms with Crippen LogP contribution in [-0.4, -0.2) is 4.98 Å². The Morgan fingerprint density at radius 2 is 1.83 bits per heavy atom. The first-order valence-electron chi connectivity index (χ1n) is 4.05. The molecule has 1 aromatic heterocycles. The van der Waals surface area contributed by atoms with E-state index in [-0.39, 0.29) is 5.41 Å². The predicted molar refractivity (Wildman–Crippen MR) is 55.4 cm³/mol. The van der Waals surface area contributed by atoms with Crippen LogP contribution >= 0.6 is 15.9 Å². The van der Waals surface area contributed by atoms with Crippen LogP contribution in [0.2, 0.25) is 0 Å². The van der Waals surface area contributed by atoms with Crippen LogP contribution in [0.4, 0.5) is 0 Å². The zero-order valence-electron chi connectivity index (χ0n) is 7.98. The fourth-order valence-corrected chi connectivity index (χ4v) is 1.88. The highest BCUT2D eigenvalue weighted by Crippen LogP contribution is 2.27. The second-order valence-electron chi connectivity index (χ2n) is 4.03. The smallest absolute Gasteiger partial charge is 0.0602 e. The lowest BCUT2D eigenvalue weighted by atomic mass is 9.91. The van der Waals surface area contributed by atoms with Gasteiger partial charge in [0.1, 0.15) is 0 Å². The summed E-state index contributed by atoms with van der Waals surface area (Å²) in [5, 5.41) is 0. The molecule has 0 spiro atoms. The van der Waals surface area contributed by atoms with Crippen molar-refractivity contribution >= 4 is 15.9 Å². The van der Waals surface area contributed by atoms with Crippen molar-refractivity contribution in [2.75, 3.05) is 0 Å². The Balaban J connectivity index is 3.23. The molecule has 1 nitrogen and oxygen atoms in total. The van der Waals surface area contributed by atoms with Crippen molar-refractivity contribution in [2.45, 2.75) is 33.1 Å². The summed E-state index contributed by atoms with van der Waals surface area (Å²) in [4.78, 5) is 4.50. The van der Waals surface area contributed by atoms with Crippen LogP contribution < -0.4 is 0 Å². The summed E-state index contributed by atoms with van der Waals surface area (Å²) >= 11 is 3.50. The van der Waals surface area contributed by atoms with Gasteiger partial charge in [-0.1, -0.05) is 20.8 Å². The maximum Gasteiger partial charge on any atom is 0.0602 e. The predicted octanol–water partition coefficient (Wildman–Crippen LogP) is 3.45. The molecule has 1 aromatic rings. The van der Waals surface area contributed by atoms with Crippen LogP contribution in [0.3, 0.4) is 0 Å². The molecule has 1 rings (SSSR count). The van der Waals surface area contributed by atoms with Crippen LogP contribution in [0.15, 0.2) is 16.6 Å². The van der Waals surface area contributed by atoms with Crippen molar-refractivity contribution in [3.63, 3.8) is 0 Å². The van der Waals surface area contributed by atoms with Crippen molar-refractivity contribution in [3.8, 4) is 0 Å². The minimum atomic E-state index is 0.116. The molecule has 0 saturated carbocycles. The molecule has 0 aliphatic heterocycles. The summed E-state index contributed by atoms with van der Waals surface area (Å²) in [7, 11) is 0. The van der Waals surface area contributed by atoms with E-state index in [0.29, 0.717) is 0 Å². The van der Waals surface area contributed by atoms with Gasteiger partial charge in [-0.05, 0) is 35.0 Å². The quantitative estimate of drug-likeness (QED) is 0.662. The van der Waals surface area contributed by atoms with Gasteiger partial charge in [0.25, 0.3) is 0 Å². The highest BCUT2D eigenvalue weighted by molar-refractivity contribution is 9.10. The molecule has 0 aromatic carbocycles. The van der Waals surface area contributed by atoms with Gasteiger partial charge >= 0.3 is 0 Å². The maximum absolute atomic E-state index is 4.50. The number of halogens is 1. The van der Waals surface area contributed by atoms with E-state index < -0.39 is 0 Å². The summed E-state index contributed by atoms with van der Waals surface area (Å²) in [6, 6.07) is 4.07. The molecule has 0 bridgehead atoms. The summed E-state index contributed by atoms with van der Waals surface area (Å²) in [5.74, 6) is 0. The minimum absolute atomic E-state index is 0.116. The molecule has 0 atom stereocenters. The number of aromatic nitrogens is 1.